The Kier molecular flexibility index (Phi) is 3.36. The van der Waals surface area contributed by atoms with Crippen molar-refractivity contribution in [3.63, 3.8) is 0 Å². The number of ether oxygens (including phenoxy) is 2. The van der Waals surface area contributed by atoms with Crippen LogP contribution in [0.1, 0.15) is 13.8 Å². The maximum Gasteiger partial charge on any atom is 0.119 e. The molecule has 0 bridgehead atoms. The summed E-state index contributed by atoms with van der Waals surface area (Å²) in [5.41, 5.74) is -0.806. The van der Waals surface area contributed by atoms with Crippen LogP contribution in [0.2, 0.25) is 0 Å². The number of aliphatic hydroxyl groups is 1. The molecular weight excluding hydrogens is 180 g/mol. The molecule has 0 aliphatic rings. The normalized spacial score (nSPS) is 11.1. The lowest BCUT2D eigenvalue weighted by molar-refractivity contribution is 0.0285. The van der Waals surface area contributed by atoms with Gasteiger partial charge in [0.15, 0.2) is 0 Å². The van der Waals surface area contributed by atoms with Crippen molar-refractivity contribution in [2.45, 2.75) is 19.4 Å². The van der Waals surface area contributed by atoms with E-state index < -0.39 is 5.60 Å². The minimum Gasteiger partial charge on any atom is -0.497 e. The van der Waals surface area contributed by atoms with E-state index in [0.29, 0.717) is 0 Å². The van der Waals surface area contributed by atoms with Crippen LogP contribution in [0.4, 0.5) is 0 Å². The van der Waals surface area contributed by atoms with Crippen LogP contribution in [0.3, 0.4) is 0 Å². The highest BCUT2D eigenvalue weighted by molar-refractivity contribution is 5.31. The zero-order valence-electron chi connectivity index (χ0n) is 8.78. The van der Waals surface area contributed by atoms with Gasteiger partial charge in [-0.2, -0.15) is 0 Å². The van der Waals surface area contributed by atoms with Gasteiger partial charge in [0.05, 0.1) is 12.7 Å². The lowest BCUT2D eigenvalue weighted by atomic mass is 10.2. The van der Waals surface area contributed by atoms with E-state index >= 15 is 0 Å². The lowest BCUT2D eigenvalue weighted by Crippen LogP contribution is -2.27. The molecule has 0 amide bonds. The minimum atomic E-state index is -0.806. The number of rotatable bonds is 4. The Balaban J connectivity index is 2.52. The van der Waals surface area contributed by atoms with Gasteiger partial charge in [0.1, 0.15) is 18.1 Å². The molecule has 0 aromatic heterocycles. The first-order valence-electron chi connectivity index (χ1n) is 4.50. The quantitative estimate of drug-likeness (QED) is 0.798. The Hall–Kier alpha value is -1.22. The van der Waals surface area contributed by atoms with Crippen LogP contribution >= 0.6 is 0 Å². The molecule has 0 aliphatic carbocycles. The molecule has 0 fully saturated rings. The highest BCUT2D eigenvalue weighted by Crippen LogP contribution is 2.17. The van der Waals surface area contributed by atoms with E-state index in [4.69, 9.17) is 9.47 Å². The molecule has 1 aromatic rings. The average Bonchev–Trinajstić information content (AvgIpc) is 2.14. The van der Waals surface area contributed by atoms with Gasteiger partial charge in [0, 0.05) is 0 Å². The third-order valence-electron chi connectivity index (χ3n) is 1.65. The molecule has 3 nitrogen and oxygen atoms in total. The maximum absolute atomic E-state index is 9.43. The van der Waals surface area contributed by atoms with Gasteiger partial charge in [0.25, 0.3) is 0 Å². The predicted octanol–water partition coefficient (Wildman–Crippen LogP) is 1.84. The first-order valence-corrected chi connectivity index (χ1v) is 4.50. The summed E-state index contributed by atoms with van der Waals surface area (Å²) < 4.78 is 10.4. The summed E-state index contributed by atoms with van der Waals surface area (Å²) in [4.78, 5) is 0. The molecule has 78 valence electrons. The largest absolute Gasteiger partial charge is 0.497 e. The summed E-state index contributed by atoms with van der Waals surface area (Å²) in [5, 5.41) is 9.43. The van der Waals surface area contributed by atoms with Gasteiger partial charge >= 0.3 is 0 Å². The fraction of sp³-hybridized carbons (Fsp3) is 0.455. The van der Waals surface area contributed by atoms with Gasteiger partial charge in [0.2, 0.25) is 0 Å². The molecule has 0 saturated heterocycles. The van der Waals surface area contributed by atoms with Crippen molar-refractivity contribution in [1.29, 1.82) is 0 Å². The van der Waals surface area contributed by atoms with Crippen LogP contribution in [0, 0.1) is 0 Å². The summed E-state index contributed by atoms with van der Waals surface area (Å²) in [6, 6.07) is 7.26. The molecule has 3 heteroatoms. The molecule has 1 N–H and O–H groups in total. The number of hydrogen-bond acceptors (Lipinski definition) is 3. The van der Waals surface area contributed by atoms with Gasteiger partial charge in [-0.3, -0.25) is 0 Å². The molecule has 14 heavy (non-hydrogen) atoms. The van der Waals surface area contributed by atoms with E-state index in [1.165, 1.54) is 0 Å². The number of methoxy groups -OCH3 is 1. The third kappa shape index (κ3) is 3.66. The van der Waals surface area contributed by atoms with Crippen LogP contribution in [-0.4, -0.2) is 24.4 Å². The van der Waals surface area contributed by atoms with E-state index in [0.717, 1.165) is 11.5 Å². The Labute approximate surface area is 84.3 Å². The molecule has 0 spiro atoms. The minimum absolute atomic E-state index is 0.277. The standard InChI is InChI=1S/C11H16O3/c1-11(2,12)8-14-10-6-4-9(13-3)5-7-10/h4-7,12H,8H2,1-3H3. The van der Waals surface area contributed by atoms with E-state index in [9.17, 15) is 5.11 Å². The first-order chi connectivity index (χ1) is 6.51. The van der Waals surface area contributed by atoms with Crippen molar-refractivity contribution in [3.8, 4) is 11.5 Å². The van der Waals surface area contributed by atoms with Crippen molar-refractivity contribution in [2.24, 2.45) is 0 Å². The Morgan fingerprint density at radius 2 is 1.64 bits per heavy atom. The van der Waals surface area contributed by atoms with Crippen LogP contribution in [0.15, 0.2) is 24.3 Å². The molecule has 1 aromatic carbocycles. The molecular formula is C11H16O3. The van der Waals surface area contributed by atoms with E-state index in [-0.39, 0.29) is 6.61 Å². The summed E-state index contributed by atoms with van der Waals surface area (Å²) in [5.74, 6) is 1.52. The van der Waals surface area contributed by atoms with Crippen LogP contribution in [0.25, 0.3) is 0 Å². The van der Waals surface area contributed by atoms with E-state index in [2.05, 4.69) is 0 Å². The smallest absolute Gasteiger partial charge is 0.119 e. The van der Waals surface area contributed by atoms with Crippen molar-refractivity contribution in [2.75, 3.05) is 13.7 Å². The molecule has 0 aliphatic heterocycles. The average molecular weight is 196 g/mol. The van der Waals surface area contributed by atoms with Gasteiger partial charge in [-0.15, -0.1) is 0 Å². The summed E-state index contributed by atoms with van der Waals surface area (Å²) in [7, 11) is 1.62. The Morgan fingerprint density at radius 3 is 2.07 bits per heavy atom. The molecule has 0 heterocycles. The summed E-state index contributed by atoms with van der Waals surface area (Å²) in [6.45, 7) is 3.69. The van der Waals surface area contributed by atoms with Gasteiger partial charge < -0.3 is 14.6 Å². The molecule has 0 unspecified atom stereocenters. The van der Waals surface area contributed by atoms with Crippen LogP contribution in [-0.2, 0) is 0 Å². The second kappa shape index (κ2) is 4.33. The Morgan fingerprint density at radius 1 is 1.14 bits per heavy atom. The predicted molar refractivity (Wildman–Crippen MR) is 54.8 cm³/mol. The summed E-state index contributed by atoms with van der Waals surface area (Å²) >= 11 is 0. The second-order valence-electron chi connectivity index (χ2n) is 3.78. The van der Waals surface area contributed by atoms with E-state index in [1.54, 1.807) is 21.0 Å². The van der Waals surface area contributed by atoms with Crippen molar-refractivity contribution in [1.82, 2.24) is 0 Å². The number of benzene rings is 1. The van der Waals surface area contributed by atoms with Gasteiger partial charge in [-0.1, -0.05) is 0 Å². The van der Waals surface area contributed by atoms with Crippen LogP contribution in [0.5, 0.6) is 11.5 Å². The zero-order valence-corrected chi connectivity index (χ0v) is 8.78. The molecule has 0 radical (unpaired) electrons. The zero-order chi connectivity index (χ0) is 10.6. The highest BCUT2D eigenvalue weighted by Gasteiger charge is 2.12. The molecule has 0 saturated carbocycles. The second-order valence-corrected chi connectivity index (χ2v) is 3.78. The molecule has 1 rings (SSSR count). The Bertz CT molecular complexity index is 272. The fourth-order valence-corrected chi connectivity index (χ4v) is 0.932. The first kappa shape index (κ1) is 10.9. The van der Waals surface area contributed by atoms with Crippen molar-refractivity contribution >= 4 is 0 Å². The maximum atomic E-state index is 9.43. The SMILES string of the molecule is COc1ccc(OCC(C)(C)O)cc1. The van der Waals surface area contributed by atoms with Crippen molar-refractivity contribution in [3.05, 3.63) is 24.3 Å². The topological polar surface area (TPSA) is 38.7 Å². The van der Waals surface area contributed by atoms with Crippen molar-refractivity contribution < 1.29 is 14.6 Å². The lowest BCUT2D eigenvalue weighted by Gasteiger charge is -2.17. The van der Waals surface area contributed by atoms with Gasteiger partial charge in [-0.05, 0) is 38.1 Å². The summed E-state index contributed by atoms with van der Waals surface area (Å²) in [6.07, 6.45) is 0. The third-order valence-corrected chi connectivity index (χ3v) is 1.65. The number of hydrogen-bond donors (Lipinski definition) is 1. The van der Waals surface area contributed by atoms with E-state index in [1.807, 2.05) is 24.3 Å². The highest BCUT2D eigenvalue weighted by atomic mass is 16.5. The fourth-order valence-electron chi connectivity index (χ4n) is 0.932. The molecule has 0 atom stereocenters. The van der Waals surface area contributed by atoms with Gasteiger partial charge in [-0.25, -0.2) is 0 Å². The monoisotopic (exact) mass is 196 g/mol. The van der Waals surface area contributed by atoms with Crippen LogP contribution < -0.4 is 9.47 Å².